The minimum absolute atomic E-state index is 0.0178. The molecule has 0 spiro atoms. The normalized spacial score (nSPS) is 13.1. The van der Waals surface area contributed by atoms with E-state index in [-0.39, 0.29) is 29.7 Å². The fourth-order valence-corrected chi connectivity index (χ4v) is 3.95. The van der Waals surface area contributed by atoms with Crippen LogP contribution in [0.25, 0.3) is 0 Å². The number of fused-ring (bicyclic) bond motifs is 1. The maximum atomic E-state index is 13.0. The lowest BCUT2D eigenvalue weighted by Gasteiger charge is -2.26. The molecule has 0 saturated carbocycles. The second kappa shape index (κ2) is 7.81. The number of anilines is 1. The summed E-state index contributed by atoms with van der Waals surface area (Å²) in [5.74, 6) is -0.709. The van der Waals surface area contributed by atoms with Gasteiger partial charge in [-0.2, -0.15) is 0 Å². The molecule has 0 aliphatic carbocycles. The number of hydrogen-bond donors (Lipinski definition) is 1. The predicted molar refractivity (Wildman–Crippen MR) is 101 cm³/mol. The van der Waals surface area contributed by atoms with Crippen LogP contribution in [0.2, 0.25) is 0 Å². The molecule has 0 bridgehead atoms. The zero-order valence-corrected chi connectivity index (χ0v) is 15.6. The summed E-state index contributed by atoms with van der Waals surface area (Å²) in [7, 11) is 0. The number of nitrogens with zero attached hydrogens (tertiary/aromatic N) is 4. The molecule has 1 aliphatic heterocycles. The van der Waals surface area contributed by atoms with Crippen molar-refractivity contribution >= 4 is 28.3 Å². The summed E-state index contributed by atoms with van der Waals surface area (Å²) in [6, 6.07) is 5.95. The van der Waals surface area contributed by atoms with Crippen LogP contribution in [0.1, 0.15) is 26.6 Å². The Kier molecular flexibility index (Phi) is 5.07. The third kappa shape index (κ3) is 4.04. The second-order valence-corrected chi connectivity index (χ2v) is 7.39. The summed E-state index contributed by atoms with van der Waals surface area (Å²) in [6.07, 6.45) is 5.19. The minimum Gasteiger partial charge on any atom is -0.337 e. The molecule has 7 nitrogen and oxygen atoms in total. The predicted octanol–water partition coefficient (Wildman–Crippen LogP) is 2.45. The Balaban J connectivity index is 1.40. The standard InChI is InChI=1S/C19H16FN5O2S/c20-13-3-1-12(2-4-13)9-17(26)25-8-5-14-16(11-25)28-19(23-14)24-18(27)15-10-21-6-7-22-15/h1-4,6-7,10H,5,8-9,11H2,(H,23,24,27). The summed E-state index contributed by atoms with van der Waals surface area (Å²) in [6.45, 7) is 1.02. The molecule has 3 heterocycles. The fraction of sp³-hybridized carbons (Fsp3) is 0.211. The quantitative estimate of drug-likeness (QED) is 0.731. The molecule has 0 atom stereocenters. The Bertz CT molecular complexity index is 1010. The number of nitrogens with one attached hydrogen (secondary N) is 1. The van der Waals surface area contributed by atoms with Crippen molar-refractivity contribution in [1.29, 1.82) is 0 Å². The van der Waals surface area contributed by atoms with Gasteiger partial charge in [0.1, 0.15) is 11.5 Å². The molecular formula is C19H16FN5O2S. The van der Waals surface area contributed by atoms with Gasteiger partial charge in [0.25, 0.3) is 5.91 Å². The average molecular weight is 397 g/mol. The van der Waals surface area contributed by atoms with E-state index in [1.807, 2.05) is 0 Å². The zero-order valence-electron chi connectivity index (χ0n) is 14.8. The molecule has 142 valence electrons. The molecule has 2 aromatic heterocycles. The van der Waals surface area contributed by atoms with Gasteiger partial charge in [0, 0.05) is 30.2 Å². The Morgan fingerprint density at radius 3 is 2.79 bits per heavy atom. The number of aromatic nitrogens is 3. The van der Waals surface area contributed by atoms with E-state index in [4.69, 9.17) is 0 Å². The fourth-order valence-electron chi connectivity index (χ4n) is 2.93. The Morgan fingerprint density at radius 1 is 1.21 bits per heavy atom. The minimum atomic E-state index is -0.372. The Hall–Kier alpha value is -3.20. The highest BCUT2D eigenvalue weighted by Gasteiger charge is 2.25. The molecule has 9 heteroatoms. The van der Waals surface area contributed by atoms with Crippen LogP contribution in [0.5, 0.6) is 0 Å². The topological polar surface area (TPSA) is 88.1 Å². The summed E-state index contributed by atoms with van der Waals surface area (Å²) >= 11 is 1.35. The molecule has 0 saturated heterocycles. The van der Waals surface area contributed by atoms with E-state index in [9.17, 15) is 14.0 Å². The van der Waals surface area contributed by atoms with Crippen LogP contribution < -0.4 is 5.32 Å². The SMILES string of the molecule is O=C(Nc1nc2c(s1)CN(C(=O)Cc1ccc(F)cc1)CC2)c1cnccn1. The van der Waals surface area contributed by atoms with Crippen LogP contribution in [0.3, 0.4) is 0 Å². The molecule has 0 fully saturated rings. The van der Waals surface area contributed by atoms with E-state index < -0.39 is 0 Å². The molecule has 1 aromatic carbocycles. The lowest BCUT2D eigenvalue weighted by Crippen LogP contribution is -2.36. The van der Waals surface area contributed by atoms with Gasteiger partial charge < -0.3 is 4.90 Å². The largest absolute Gasteiger partial charge is 0.337 e. The molecule has 4 rings (SSSR count). The number of rotatable bonds is 4. The molecule has 0 unspecified atom stereocenters. The molecule has 2 amide bonds. The number of benzene rings is 1. The van der Waals surface area contributed by atoms with Crippen LogP contribution in [0, 0.1) is 5.82 Å². The maximum Gasteiger partial charge on any atom is 0.277 e. The van der Waals surface area contributed by atoms with Gasteiger partial charge in [-0.1, -0.05) is 23.5 Å². The highest BCUT2D eigenvalue weighted by atomic mass is 32.1. The molecule has 0 radical (unpaired) electrons. The summed E-state index contributed by atoms with van der Waals surface area (Å²) < 4.78 is 13.0. The van der Waals surface area contributed by atoms with Crippen LogP contribution in [-0.4, -0.2) is 38.2 Å². The molecule has 1 aliphatic rings. The van der Waals surface area contributed by atoms with Gasteiger partial charge in [-0.25, -0.2) is 14.4 Å². The third-order valence-corrected chi connectivity index (χ3v) is 5.37. The molecule has 3 aromatic rings. The number of hydrogen-bond acceptors (Lipinski definition) is 6. The lowest BCUT2D eigenvalue weighted by atomic mass is 10.1. The van der Waals surface area contributed by atoms with Crippen molar-refractivity contribution in [2.45, 2.75) is 19.4 Å². The van der Waals surface area contributed by atoms with Crippen molar-refractivity contribution in [3.63, 3.8) is 0 Å². The summed E-state index contributed by atoms with van der Waals surface area (Å²) in [5.41, 5.74) is 1.88. The lowest BCUT2D eigenvalue weighted by molar-refractivity contribution is -0.131. The second-order valence-electron chi connectivity index (χ2n) is 6.30. The number of carbonyl (C=O) groups is 2. The number of amides is 2. The van der Waals surface area contributed by atoms with E-state index in [0.29, 0.717) is 24.6 Å². The first-order valence-corrected chi connectivity index (χ1v) is 9.48. The summed E-state index contributed by atoms with van der Waals surface area (Å²) in [5, 5.41) is 3.21. The van der Waals surface area contributed by atoms with E-state index in [1.165, 1.54) is 42.1 Å². The monoisotopic (exact) mass is 397 g/mol. The van der Waals surface area contributed by atoms with Gasteiger partial charge in [0.05, 0.1) is 24.9 Å². The first kappa shape index (κ1) is 18.2. The van der Waals surface area contributed by atoms with Crippen molar-refractivity contribution in [3.05, 3.63) is 70.5 Å². The van der Waals surface area contributed by atoms with Gasteiger partial charge in [-0.15, -0.1) is 0 Å². The van der Waals surface area contributed by atoms with Crippen molar-refractivity contribution in [3.8, 4) is 0 Å². The van der Waals surface area contributed by atoms with E-state index in [0.717, 1.165) is 16.1 Å². The van der Waals surface area contributed by atoms with Crippen molar-refractivity contribution in [2.24, 2.45) is 0 Å². The highest BCUT2D eigenvalue weighted by molar-refractivity contribution is 7.15. The Morgan fingerprint density at radius 2 is 2.04 bits per heavy atom. The van der Waals surface area contributed by atoms with E-state index >= 15 is 0 Å². The van der Waals surface area contributed by atoms with Gasteiger partial charge in [0.15, 0.2) is 5.13 Å². The third-order valence-electron chi connectivity index (χ3n) is 4.37. The van der Waals surface area contributed by atoms with Crippen LogP contribution in [-0.2, 0) is 24.2 Å². The van der Waals surface area contributed by atoms with Crippen molar-refractivity contribution < 1.29 is 14.0 Å². The number of carbonyl (C=O) groups excluding carboxylic acids is 2. The smallest absolute Gasteiger partial charge is 0.277 e. The number of halogens is 1. The molecule has 1 N–H and O–H groups in total. The van der Waals surface area contributed by atoms with E-state index in [1.54, 1.807) is 17.0 Å². The average Bonchev–Trinajstić information content (AvgIpc) is 3.11. The number of thiazole rings is 1. The Labute approximate surface area is 164 Å². The zero-order chi connectivity index (χ0) is 19.5. The summed E-state index contributed by atoms with van der Waals surface area (Å²) in [4.78, 5) is 39.8. The molecule has 28 heavy (non-hydrogen) atoms. The molecular weight excluding hydrogens is 381 g/mol. The van der Waals surface area contributed by atoms with Crippen LogP contribution in [0.4, 0.5) is 9.52 Å². The van der Waals surface area contributed by atoms with Gasteiger partial charge in [0.2, 0.25) is 5.91 Å². The van der Waals surface area contributed by atoms with Crippen LogP contribution in [0.15, 0.2) is 42.9 Å². The van der Waals surface area contributed by atoms with Crippen molar-refractivity contribution in [1.82, 2.24) is 19.9 Å². The van der Waals surface area contributed by atoms with E-state index in [2.05, 4.69) is 20.3 Å². The first-order valence-electron chi connectivity index (χ1n) is 8.66. The van der Waals surface area contributed by atoms with Gasteiger partial charge in [-0.3, -0.25) is 19.9 Å². The first-order chi connectivity index (χ1) is 13.6. The van der Waals surface area contributed by atoms with Crippen molar-refractivity contribution in [2.75, 3.05) is 11.9 Å². The highest BCUT2D eigenvalue weighted by Crippen LogP contribution is 2.29. The van der Waals surface area contributed by atoms with Gasteiger partial charge in [-0.05, 0) is 17.7 Å². The van der Waals surface area contributed by atoms with Crippen LogP contribution >= 0.6 is 11.3 Å². The van der Waals surface area contributed by atoms with Gasteiger partial charge >= 0.3 is 0 Å². The maximum absolute atomic E-state index is 13.0.